The number of carbonyl (C=O) groups is 1. The molecule has 4 heteroatoms. The molecular weight excluding hydrogens is 186 g/mol. The molecule has 0 aromatic carbocycles. The minimum absolute atomic E-state index is 0.337. The summed E-state index contributed by atoms with van der Waals surface area (Å²) in [6, 6.07) is 1.82. The fraction of sp³-hybridized carbons (Fsp3) is 0.444. The van der Waals surface area contributed by atoms with Crippen LogP contribution < -0.4 is 5.73 Å². The molecule has 1 aromatic rings. The Kier molecular flexibility index (Phi) is 3.06. The van der Waals surface area contributed by atoms with E-state index >= 15 is 0 Å². The summed E-state index contributed by atoms with van der Waals surface area (Å²) in [6.07, 6.45) is -0.546. The van der Waals surface area contributed by atoms with Gasteiger partial charge in [-0.1, -0.05) is 0 Å². The number of hydrogen-bond acceptors (Lipinski definition) is 4. The summed E-state index contributed by atoms with van der Waals surface area (Å²) < 4.78 is 4.85. The zero-order chi connectivity index (χ0) is 10.0. The zero-order valence-corrected chi connectivity index (χ0v) is 8.77. The van der Waals surface area contributed by atoms with Gasteiger partial charge in [0.25, 0.3) is 0 Å². The van der Waals surface area contributed by atoms with Gasteiger partial charge in [-0.3, -0.25) is 5.73 Å². The first kappa shape index (κ1) is 10.2. The minimum atomic E-state index is -0.546. The van der Waals surface area contributed by atoms with E-state index in [2.05, 4.69) is 0 Å². The van der Waals surface area contributed by atoms with Crippen LogP contribution in [-0.4, -0.2) is 12.2 Å². The molecule has 0 amide bonds. The van der Waals surface area contributed by atoms with Crippen molar-refractivity contribution < 1.29 is 9.53 Å². The van der Waals surface area contributed by atoms with Crippen LogP contribution in [0.4, 0.5) is 0 Å². The number of hydrogen-bond donors (Lipinski definition) is 1. The Balaban J connectivity index is 2.77. The number of ether oxygens (including phenoxy) is 1. The van der Waals surface area contributed by atoms with Gasteiger partial charge in [0, 0.05) is 4.88 Å². The fourth-order valence-corrected chi connectivity index (χ4v) is 1.82. The van der Waals surface area contributed by atoms with Crippen molar-refractivity contribution in [2.45, 2.75) is 27.0 Å². The van der Waals surface area contributed by atoms with Crippen LogP contribution in [-0.2, 0) is 4.74 Å². The van der Waals surface area contributed by atoms with Crippen LogP contribution in [0.2, 0.25) is 0 Å². The van der Waals surface area contributed by atoms with E-state index in [-0.39, 0.29) is 5.97 Å². The first-order valence-corrected chi connectivity index (χ1v) is 4.86. The molecule has 1 heterocycles. The largest absolute Gasteiger partial charge is 0.443 e. The van der Waals surface area contributed by atoms with Gasteiger partial charge in [0.15, 0.2) is 0 Å². The van der Waals surface area contributed by atoms with Crippen LogP contribution >= 0.6 is 11.3 Å². The number of carbonyl (C=O) groups excluding carboxylic acids is 1. The third-order valence-corrected chi connectivity index (χ3v) is 2.79. The highest BCUT2D eigenvalue weighted by molar-refractivity contribution is 7.14. The fourth-order valence-electron chi connectivity index (χ4n) is 0.901. The SMILES string of the molecule is Cc1cc(C(=O)OC(C)N)sc1C. The maximum absolute atomic E-state index is 11.3. The number of esters is 1. The second-order valence-corrected chi connectivity index (χ2v) is 4.22. The third-order valence-electron chi connectivity index (χ3n) is 1.66. The Morgan fingerprint density at radius 1 is 1.62 bits per heavy atom. The molecule has 0 saturated heterocycles. The van der Waals surface area contributed by atoms with Crippen LogP contribution in [0, 0.1) is 13.8 Å². The van der Waals surface area contributed by atoms with Gasteiger partial charge in [-0.15, -0.1) is 11.3 Å². The molecule has 0 aliphatic carbocycles. The van der Waals surface area contributed by atoms with Crippen molar-refractivity contribution in [1.82, 2.24) is 0 Å². The summed E-state index contributed by atoms with van der Waals surface area (Å²) in [5.41, 5.74) is 6.45. The van der Waals surface area contributed by atoms with Gasteiger partial charge in [-0.2, -0.15) is 0 Å². The van der Waals surface area contributed by atoms with E-state index in [1.54, 1.807) is 6.92 Å². The minimum Gasteiger partial charge on any atom is -0.443 e. The second kappa shape index (κ2) is 3.89. The summed E-state index contributed by atoms with van der Waals surface area (Å²) >= 11 is 1.43. The molecule has 0 aliphatic heterocycles. The topological polar surface area (TPSA) is 52.3 Å². The number of aryl methyl sites for hydroxylation is 2. The van der Waals surface area contributed by atoms with E-state index in [1.165, 1.54) is 11.3 Å². The highest BCUT2D eigenvalue weighted by atomic mass is 32.1. The molecule has 1 atom stereocenters. The van der Waals surface area contributed by atoms with Crippen molar-refractivity contribution in [1.29, 1.82) is 0 Å². The Labute approximate surface area is 81.5 Å². The molecule has 0 fully saturated rings. The lowest BCUT2D eigenvalue weighted by atomic mass is 10.3. The quantitative estimate of drug-likeness (QED) is 0.584. The predicted octanol–water partition coefficient (Wildman–Crippen LogP) is 1.83. The lowest BCUT2D eigenvalue weighted by molar-refractivity contribution is 0.0361. The van der Waals surface area contributed by atoms with Crippen molar-refractivity contribution in [2.75, 3.05) is 0 Å². The summed E-state index contributed by atoms with van der Waals surface area (Å²) in [7, 11) is 0. The van der Waals surface area contributed by atoms with Gasteiger partial charge >= 0.3 is 5.97 Å². The van der Waals surface area contributed by atoms with E-state index in [1.807, 2.05) is 19.9 Å². The van der Waals surface area contributed by atoms with Gasteiger partial charge in [0.1, 0.15) is 11.1 Å². The van der Waals surface area contributed by atoms with Gasteiger partial charge < -0.3 is 4.74 Å². The van der Waals surface area contributed by atoms with Gasteiger partial charge in [0.05, 0.1) is 0 Å². The lowest BCUT2D eigenvalue weighted by Gasteiger charge is -2.05. The van der Waals surface area contributed by atoms with E-state index < -0.39 is 6.23 Å². The number of thiophene rings is 1. The smallest absolute Gasteiger partial charge is 0.349 e. The molecule has 0 spiro atoms. The van der Waals surface area contributed by atoms with Crippen molar-refractivity contribution in [3.63, 3.8) is 0 Å². The van der Waals surface area contributed by atoms with Crippen LogP contribution in [0.3, 0.4) is 0 Å². The Hall–Kier alpha value is -0.870. The molecule has 3 nitrogen and oxygen atoms in total. The van der Waals surface area contributed by atoms with Crippen LogP contribution in [0.5, 0.6) is 0 Å². The summed E-state index contributed by atoms with van der Waals surface area (Å²) in [4.78, 5) is 13.1. The van der Waals surface area contributed by atoms with Gasteiger partial charge in [-0.25, -0.2) is 4.79 Å². The van der Waals surface area contributed by atoms with Gasteiger partial charge in [-0.05, 0) is 32.4 Å². The molecule has 1 aromatic heterocycles. The van der Waals surface area contributed by atoms with Crippen LogP contribution in [0.1, 0.15) is 27.0 Å². The monoisotopic (exact) mass is 199 g/mol. The molecule has 0 aliphatic rings. The Morgan fingerprint density at radius 2 is 2.23 bits per heavy atom. The maximum atomic E-state index is 11.3. The number of rotatable bonds is 2. The summed E-state index contributed by atoms with van der Waals surface area (Å²) in [5.74, 6) is -0.337. The van der Waals surface area contributed by atoms with E-state index in [9.17, 15) is 4.79 Å². The average molecular weight is 199 g/mol. The molecule has 72 valence electrons. The third kappa shape index (κ3) is 2.54. The normalized spacial score (nSPS) is 12.6. The summed E-state index contributed by atoms with van der Waals surface area (Å²) in [6.45, 7) is 5.57. The molecule has 0 radical (unpaired) electrons. The second-order valence-electron chi connectivity index (χ2n) is 2.96. The molecular formula is C9H13NO2S. The van der Waals surface area contributed by atoms with Crippen molar-refractivity contribution in [2.24, 2.45) is 5.73 Å². The highest BCUT2D eigenvalue weighted by Crippen LogP contribution is 2.21. The van der Waals surface area contributed by atoms with Gasteiger partial charge in [0.2, 0.25) is 0 Å². The molecule has 13 heavy (non-hydrogen) atoms. The van der Waals surface area contributed by atoms with E-state index in [0.29, 0.717) is 4.88 Å². The predicted molar refractivity (Wildman–Crippen MR) is 52.9 cm³/mol. The Morgan fingerprint density at radius 3 is 2.62 bits per heavy atom. The molecule has 0 saturated carbocycles. The standard InChI is InChI=1S/C9H13NO2S/c1-5-4-8(13-6(5)2)9(11)12-7(3)10/h4,7H,10H2,1-3H3. The highest BCUT2D eigenvalue weighted by Gasteiger charge is 2.12. The Bertz CT molecular complexity index is 298. The molecule has 2 N–H and O–H groups in total. The molecule has 1 rings (SSSR count). The first-order valence-electron chi connectivity index (χ1n) is 4.04. The first-order chi connectivity index (χ1) is 6.00. The molecule has 1 unspecified atom stereocenters. The van der Waals surface area contributed by atoms with Crippen molar-refractivity contribution in [3.8, 4) is 0 Å². The maximum Gasteiger partial charge on any atom is 0.349 e. The van der Waals surface area contributed by atoms with E-state index in [4.69, 9.17) is 10.5 Å². The summed E-state index contributed by atoms with van der Waals surface area (Å²) in [5, 5.41) is 0. The zero-order valence-electron chi connectivity index (χ0n) is 7.96. The number of nitrogens with two attached hydrogens (primary N) is 1. The van der Waals surface area contributed by atoms with E-state index in [0.717, 1.165) is 10.4 Å². The average Bonchev–Trinajstić information content (AvgIpc) is 2.31. The molecule has 0 bridgehead atoms. The van der Waals surface area contributed by atoms with Crippen molar-refractivity contribution in [3.05, 3.63) is 21.4 Å². The lowest BCUT2D eigenvalue weighted by Crippen LogP contribution is -2.22. The van der Waals surface area contributed by atoms with Crippen LogP contribution in [0.25, 0.3) is 0 Å². The van der Waals surface area contributed by atoms with Crippen LogP contribution in [0.15, 0.2) is 6.07 Å². The van der Waals surface area contributed by atoms with Crippen molar-refractivity contribution >= 4 is 17.3 Å².